The Kier molecular flexibility index (Phi) is 4.35. The van der Waals surface area contributed by atoms with Crippen LogP contribution in [0.3, 0.4) is 0 Å². The first-order valence-electron chi connectivity index (χ1n) is 6.52. The van der Waals surface area contributed by atoms with Crippen molar-refractivity contribution in [3.63, 3.8) is 0 Å². The summed E-state index contributed by atoms with van der Waals surface area (Å²) in [5.41, 5.74) is 0.707. The smallest absolute Gasteiger partial charge is 0.176 e. The second kappa shape index (κ2) is 6.28. The van der Waals surface area contributed by atoms with Gasteiger partial charge in [0.05, 0.1) is 27.8 Å². The van der Waals surface area contributed by atoms with Gasteiger partial charge in [0.25, 0.3) is 0 Å². The van der Waals surface area contributed by atoms with E-state index >= 15 is 0 Å². The van der Waals surface area contributed by atoms with E-state index < -0.39 is 18.2 Å². The van der Waals surface area contributed by atoms with Crippen molar-refractivity contribution in [1.82, 2.24) is 5.16 Å². The molecular weight excluding hydrogens is 347 g/mol. The van der Waals surface area contributed by atoms with E-state index in [1.54, 1.807) is 18.2 Å². The largest absolute Gasteiger partial charge is 0.391 e. The number of hydrogen-bond acceptors (Lipinski definition) is 3. The van der Waals surface area contributed by atoms with Crippen molar-refractivity contribution in [2.75, 3.05) is 0 Å². The summed E-state index contributed by atoms with van der Waals surface area (Å²) in [6, 6.07) is 8.55. The number of hydrogen-bond donors (Lipinski definition) is 1. The SMILES string of the molecule is OCc1c(-c2cccc(Cl)c2Cl)noc1-c1cccc(F)c1F. The van der Waals surface area contributed by atoms with Crippen LogP contribution in [0.4, 0.5) is 8.78 Å². The average molecular weight is 356 g/mol. The van der Waals surface area contributed by atoms with Crippen LogP contribution in [0.5, 0.6) is 0 Å². The molecule has 23 heavy (non-hydrogen) atoms. The molecule has 0 spiro atoms. The summed E-state index contributed by atoms with van der Waals surface area (Å²) in [4.78, 5) is 0. The van der Waals surface area contributed by atoms with Crippen LogP contribution in [0.25, 0.3) is 22.6 Å². The highest BCUT2D eigenvalue weighted by molar-refractivity contribution is 6.43. The second-order valence-electron chi connectivity index (χ2n) is 4.70. The van der Waals surface area contributed by atoms with Gasteiger partial charge < -0.3 is 9.63 Å². The standard InChI is InChI=1S/C16H9Cl2F2NO2/c17-11-5-1-3-8(13(11)18)15-10(7-22)16(23-21-15)9-4-2-6-12(19)14(9)20/h1-6,22H,7H2. The van der Waals surface area contributed by atoms with E-state index in [0.29, 0.717) is 10.6 Å². The van der Waals surface area contributed by atoms with Crippen molar-refractivity contribution in [3.8, 4) is 22.6 Å². The van der Waals surface area contributed by atoms with Gasteiger partial charge in [0.15, 0.2) is 17.4 Å². The molecule has 0 amide bonds. The lowest BCUT2D eigenvalue weighted by Gasteiger charge is -2.05. The Labute approximate surface area is 140 Å². The van der Waals surface area contributed by atoms with Gasteiger partial charge in [-0.05, 0) is 18.2 Å². The van der Waals surface area contributed by atoms with Gasteiger partial charge in [0, 0.05) is 5.56 Å². The van der Waals surface area contributed by atoms with Crippen LogP contribution < -0.4 is 0 Å². The summed E-state index contributed by atoms with van der Waals surface area (Å²) in [6.07, 6.45) is 0. The van der Waals surface area contributed by atoms with Crippen LogP contribution in [0.15, 0.2) is 40.9 Å². The Morgan fingerprint density at radius 3 is 2.48 bits per heavy atom. The molecule has 0 radical (unpaired) electrons. The normalized spacial score (nSPS) is 11.0. The number of nitrogens with zero attached hydrogens (tertiary/aromatic N) is 1. The van der Waals surface area contributed by atoms with Gasteiger partial charge in [-0.3, -0.25) is 0 Å². The van der Waals surface area contributed by atoms with Gasteiger partial charge in [-0.2, -0.15) is 0 Å². The number of rotatable bonds is 3. The van der Waals surface area contributed by atoms with Crippen molar-refractivity contribution in [1.29, 1.82) is 0 Å². The highest BCUT2D eigenvalue weighted by atomic mass is 35.5. The molecule has 118 valence electrons. The Bertz CT molecular complexity index is 812. The van der Waals surface area contributed by atoms with E-state index in [2.05, 4.69) is 5.16 Å². The minimum absolute atomic E-state index is 0.0597. The first-order chi connectivity index (χ1) is 11.0. The van der Waals surface area contributed by atoms with E-state index in [-0.39, 0.29) is 27.6 Å². The molecule has 0 aliphatic carbocycles. The number of benzene rings is 2. The van der Waals surface area contributed by atoms with Crippen molar-refractivity contribution < 1.29 is 18.4 Å². The molecule has 0 fully saturated rings. The minimum Gasteiger partial charge on any atom is -0.391 e. The molecule has 3 rings (SSSR count). The Hall–Kier alpha value is -1.95. The molecule has 0 aliphatic heterocycles. The van der Waals surface area contributed by atoms with Gasteiger partial charge >= 0.3 is 0 Å². The predicted molar refractivity (Wildman–Crippen MR) is 83.2 cm³/mol. The summed E-state index contributed by atoms with van der Waals surface area (Å²) in [6.45, 7) is -0.493. The fourth-order valence-electron chi connectivity index (χ4n) is 2.25. The zero-order valence-electron chi connectivity index (χ0n) is 11.5. The average Bonchev–Trinajstić information content (AvgIpc) is 2.96. The minimum atomic E-state index is -1.08. The second-order valence-corrected chi connectivity index (χ2v) is 5.48. The molecule has 0 saturated carbocycles. The van der Waals surface area contributed by atoms with Crippen molar-refractivity contribution in [2.45, 2.75) is 6.61 Å². The maximum Gasteiger partial charge on any atom is 0.176 e. The first kappa shape index (κ1) is 15.9. The fraction of sp³-hybridized carbons (Fsp3) is 0.0625. The molecule has 2 aromatic carbocycles. The monoisotopic (exact) mass is 355 g/mol. The first-order valence-corrected chi connectivity index (χ1v) is 7.28. The molecular formula is C16H9Cl2F2NO2. The zero-order valence-corrected chi connectivity index (χ0v) is 13.0. The third-order valence-corrected chi connectivity index (χ3v) is 4.17. The van der Waals surface area contributed by atoms with E-state index in [0.717, 1.165) is 6.07 Å². The van der Waals surface area contributed by atoms with Crippen LogP contribution in [-0.2, 0) is 6.61 Å². The number of aliphatic hydroxyl groups excluding tert-OH is 1. The quantitative estimate of drug-likeness (QED) is 0.711. The highest BCUT2D eigenvalue weighted by Gasteiger charge is 2.23. The highest BCUT2D eigenvalue weighted by Crippen LogP contribution is 2.38. The summed E-state index contributed by atoms with van der Waals surface area (Å²) < 4.78 is 32.5. The molecule has 3 aromatic rings. The van der Waals surface area contributed by atoms with Crippen LogP contribution in [0.1, 0.15) is 5.56 Å². The van der Waals surface area contributed by atoms with Gasteiger partial charge in [0.2, 0.25) is 0 Å². The molecule has 0 atom stereocenters. The lowest BCUT2D eigenvalue weighted by atomic mass is 10.0. The van der Waals surface area contributed by atoms with Crippen molar-refractivity contribution in [2.24, 2.45) is 0 Å². The Morgan fingerprint density at radius 2 is 1.74 bits per heavy atom. The van der Waals surface area contributed by atoms with Crippen LogP contribution in [0.2, 0.25) is 10.0 Å². The topological polar surface area (TPSA) is 46.3 Å². The van der Waals surface area contributed by atoms with Crippen molar-refractivity contribution in [3.05, 3.63) is 63.6 Å². The van der Waals surface area contributed by atoms with Gasteiger partial charge in [0.1, 0.15) is 5.69 Å². The van der Waals surface area contributed by atoms with Crippen molar-refractivity contribution >= 4 is 23.2 Å². The summed E-state index contributed by atoms with van der Waals surface area (Å²) in [7, 11) is 0. The van der Waals surface area contributed by atoms with E-state index in [9.17, 15) is 13.9 Å². The van der Waals surface area contributed by atoms with E-state index in [1.165, 1.54) is 12.1 Å². The molecule has 0 unspecified atom stereocenters. The molecule has 3 nitrogen and oxygen atoms in total. The number of aromatic nitrogens is 1. The Balaban J connectivity index is 2.22. The maximum atomic E-state index is 14.0. The van der Waals surface area contributed by atoms with Gasteiger partial charge in [-0.1, -0.05) is 46.6 Å². The summed E-state index contributed by atoms with van der Waals surface area (Å²) in [5, 5.41) is 14.0. The molecule has 0 bridgehead atoms. The summed E-state index contributed by atoms with van der Waals surface area (Å²) in [5.74, 6) is -2.16. The Morgan fingerprint density at radius 1 is 1.04 bits per heavy atom. The van der Waals surface area contributed by atoms with Crippen LogP contribution in [-0.4, -0.2) is 10.3 Å². The lowest BCUT2D eigenvalue weighted by molar-refractivity contribution is 0.281. The number of halogens is 4. The van der Waals surface area contributed by atoms with Crippen LogP contribution >= 0.6 is 23.2 Å². The fourth-order valence-corrected chi connectivity index (χ4v) is 2.64. The molecule has 1 heterocycles. The molecule has 0 aliphatic rings. The maximum absolute atomic E-state index is 14.0. The lowest BCUT2D eigenvalue weighted by Crippen LogP contribution is -1.93. The van der Waals surface area contributed by atoms with Crippen LogP contribution in [0, 0.1) is 11.6 Å². The van der Waals surface area contributed by atoms with Gasteiger partial charge in [-0.15, -0.1) is 0 Å². The number of aliphatic hydroxyl groups is 1. The van der Waals surface area contributed by atoms with E-state index in [1.807, 2.05) is 0 Å². The molecule has 0 saturated heterocycles. The molecule has 7 heteroatoms. The van der Waals surface area contributed by atoms with Gasteiger partial charge in [-0.25, -0.2) is 8.78 Å². The predicted octanol–water partition coefficient (Wildman–Crippen LogP) is 5.09. The third kappa shape index (κ3) is 2.72. The van der Waals surface area contributed by atoms with E-state index in [4.69, 9.17) is 27.7 Å². The summed E-state index contributed by atoms with van der Waals surface area (Å²) >= 11 is 12.1. The zero-order chi connectivity index (χ0) is 16.6. The third-order valence-electron chi connectivity index (χ3n) is 3.35. The molecule has 1 aromatic heterocycles. The molecule has 1 N–H and O–H groups in total.